The monoisotopic (exact) mass is 587 g/mol. The van der Waals surface area contributed by atoms with Crippen LogP contribution < -0.4 is 11.1 Å². The molecule has 5 rings (SSSR count). The maximum absolute atomic E-state index is 13.9. The van der Waals surface area contributed by atoms with Gasteiger partial charge in [0.1, 0.15) is 5.75 Å². The van der Waals surface area contributed by atoms with Gasteiger partial charge in [0.05, 0.1) is 17.5 Å². The number of aliphatic hydroxyl groups is 1. The number of nitrogens with zero attached hydrogens (tertiary/aromatic N) is 1. The van der Waals surface area contributed by atoms with Crippen molar-refractivity contribution in [3.8, 4) is 5.75 Å². The molecule has 4 aliphatic carbocycles. The number of benzene rings is 1. The molecular weight excluding hydrogens is 550 g/mol. The molecule has 1 aromatic carbocycles. The number of carbonyl (C=O) groups is 5. The highest BCUT2D eigenvalue weighted by molar-refractivity contribution is 6.34. The Labute approximate surface area is 244 Å². The third kappa shape index (κ3) is 4.82. The number of carbonyl (C=O) groups excluding carboxylic acids is 5. The fourth-order valence-electron chi connectivity index (χ4n) is 7.82. The molecule has 6 atom stereocenters. The van der Waals surface area contributed by atoms with Crippen molar-refractivity contribution in [1.82, 2.24) is 10.2 Å². The molecular formula is C30H38ClN3O7. The highest BCUT2D eigenvalue weighted by atomic mass is 35.5. The number of likely N-dealkylation sites (N-methyl/N-ethyl adjacent to an activating group) is 1. The number of ketones is 4. The van der Waals surface area contributed by atoms with E-state index >= 15 is 0 Å². The third-order valence-corrected chi connectivity index (χ3v) is 10.3. The molecule has 0 radical (unpaired) electrons. The van der Waals surface area contributed by atoms with E-state index in [0.29, 0.717) is 28.6 Å². The third-order valence-electron chi connectivity index (χ3n) is 9.79. The zero-order valence-corrected chi connectivity index (χ0v) is 24.2. The summed E-state index contributed by atoms with van der Waals surface area (Å²) in [6.07, 6.45) is 7.47. The number of phenolic OH excluding ortho intramolecular Hbond substituents is 1. The summed E-state index contributed by atoms with van der Waals surface area (Å²) in [6, 6.07) is 0.292. The van der Waals surface area contributed by atoms with Gasteiger partial charge in [0.2, 0.25) is 5.91 Å². The lowest BCUT2D eigenvalue weighted by molar-refractivity contribution is -0.181. The summed E-state index contributed by atoms with van der Waals surface area (Å²) in [6.45, 7) is 1.23. The first-order chi connectivity index (χ1) is 19.4. The van der Waals surface area contributed by atoms with E-state index < -0.39 is 64.4 Å². The number of fused-ring (bicyclic) bond motifs is 3. The highest BCUT2D eigenvalue weighted by Gasteiger charge is 2.69. The van der Waals surface area contributed by atoms with Gasteiger partial charge in [-0.25, -0.2) is 0 Å². The molecule has 3 fully saturated rings. The molecule has 222 valence electrons. The Morgan fingerprint density at radius 2 is 1.78 bits per heavy atom. The Hall–Kier alpha value is -2.66. The molecule has 1 amide bonds. The van der Waals surface area contributed by atoms with E-state index in [2.05, 4.69) is 5.32 Å². The van der Waals surface area contributed by atoms with Crippen LogP contribution >= 0.6 is 11.6 Å². The lowest BCUT2D eigenvalue weighted by Gasteiger charge is -2.52. The lowest BCUT2D eigenvalue weighted by Crippen LogP contribution is -2.74. The number of phenols is 1. The summed E-state index contributed by atoms with van der Waals surface area (Å²) < 4.78 is 0. The van der Waals surface area contributed by atoms with E-state index in [9.17, 15) is 34.2 Å². The molecule has 5 N–H and O–H groups in total. The van der Waals surface area contributed by atoms with Crippen LogP contribution in [0.5, 0.6) is 5.75 Å². The van der Waals surface area contributed by atoms with Gasteiger partial charge in [0.15, 0.2) is 34.7 Å². The first kappa shape index (κ1) is 29.8. The Morgan fingerprint density at radius 3 is 2.39 bits per heavy atom. The minimum absolute atomic E-state index is 0.00879. The van der Waals surface area contributed by atoms with Gasteiger partial charge < -0.3 is 21.3 Å². The molecule has 0 aliphatic heterocycles. The number of amides is 1. The zero-order chi connectivity index (χ0) is 29.8. The fourth-order valence-corrected chi connectivity index (χ4v) is 8.11. The molecule has 0 aromatic heterocycles. The van der Waals surface area contributed by atoms with Crippen molar-refractivity contribution in [2.45, 2.75) is 69.6 Å². The Balaban J connectivity index is 1.46. The number of primary amides is 1. The van der Waals surface area contributed by atoms with E-state index in [0.717, 1.165) is 6.54 Å². The molecule has 3 saturated carbocycles. The van der Waals surface area contributed by atoms with Gasteiger partial charge in [-0.3, -0.25) is 28.9 Å². The Bertz CT molecular complexity index is 1310. The number of hydrogen-bond donors (Lipinski definition) is 4. The van der Waals surface area contributed by atoms with Gasteiger partial charge in [-0.1, -0.05) is 37.3 Å². The van der Waals surface area contributed by atoms with Crippen LogP contribution in [0, 0.1) is 29.6 Å². The summed E-state index contributed by atoms with van der Waals surface area (Å²) >= 11 is 6.82. The summed E-state index contributed by atoms with van der Waals surface area (Å²) in [7, 11) is 3.11. The zero-order valence-electron chi connectivity index (χ0n) is 23.5. The average Bonchev–Trinajstić information content (AvgIpc) is 3.17. The van der Waals surface area contributed by atoms with Crippen molar-refractivity contribution < 1.29 is 34.2 Å². The second-order valence-electron chi connectivity index (χ2n) is 12.5. The molecule has 1 aromatic rings. The predicted molar refractivity (Wildman–Crippen MR) is 149 cm³/mol. The van der Waals surface area contributed by atoms with E-state index in [4.69, 9.17) is 17.3 Å². The maximum atomic E-state index is 13.9. The molecule has 2 unspecified atom stereocenters. The molecule has 4 aliphatic rings. The van der Waals surface area contributed by atoms with E-state index in [1.807, 2.05) is 0 Å². The molecule has 0 saturated heterocycles. The van der Waals surface area contributed by atoms with Crippen LogP contribution in [0.2, 0.25) is 5.02 Å². The van der Waals surface area contributed by atoms with Crippen LogP contribution in [0.3, 0.4) is 0 Å². The Morgan fingerprint density at radius 1 is 1.12 bits per heavy atom. The largest absolute Gasteiger partial charge is 0.507 e. The second kappa shape index (κ2) is 11.2. The van der Waals surface area contributed by atoms with Crippen LogP contribution in [0.1, 0.15) is 66.4 Å². The molecule has 10 nitrogen and oxygen atoms in total. The van der Waals surface area contributed by atoms with E-state index in [-0.39, 0.29) is 24.2 Å². The fraction of sp³-hybridized carbons (Fsp3) is 0.633. The quantitative estimate of drug-likeness (QED) is 0.285. The standard InChI is InChI=1S/C30H38ClN3O7/c1-34(2)24-18-10-15-9-17-21(19(35)11-16(23(17)31)13-33-12-14-7-5-3-4-6-8-14)25(36)20(15)27(38)30(18,41)28(39)22(26(24)37)29(32)40/h11,14-15,18,20,22,24,33,35,41H,3-10,12-13H2,1-2H3,(H2,32,40)/t15-,18-,20?,22?,24-,30-/m0/s1. The molecule has 0 heterocycles. The highest BCUT2D eigenvalue weighted by Crippen LogP contribution is 2.51. The second-order valence-corrected chi connectivity index (χ2v) is 12.9. The maximum Gasteiger partial charge on any atom is 0.235 e. The summed E-state index contributed by atoms with van der Waals surface area (Å²) in [4.78, 5) is 67.7. The number of aromatic hydroxyl groups is 1. The van der Waals surface area contributed by atoms with Gasteiger partial charge in [0, 0.05) is 17.5 Å². The van der Waals surface area contributed by atoms with Crippen molar-refractivity contribution >= 4 is 40.6 Å². The smallest absolute Gasteiger partial charge is 0.235 e. The average molecular weight is 588 g/mol. The number of nitrogens with two attached hydrogens (primary N) is 1. The van der Waals surface area contributed by atoms with Crippen LogP contribution in [-0.4, -0.2) is 76.4 Å². The minimum atomic E-state index is -2.74. The van der Waals surface area contributed by atoms with Crippen LogP contribution in [0.25, 0.3) is 0 Å². The summed E-state index contributed by atoms with van der Waals surface area (Å²) in [5, 5.41) is 26.4. The molecule has 11 heteroatoms. The number of rotatable bonds is 6. The lowest BCUT2D eigenvalue weighted by atomic mass is 9.52. The van der Waals surface area contributed by atoms with E-state index in [1.54, 1.807) is 14.1 Å². The van der Waals surface area contributed by atoms with E-state index in [1.165, 1.54) is 49.5 Å². The van der Waals surface area contributed by atoms with Crippen LogP contribution in [0.15, 0.2) is 6.07 Å². The Kier molecular flexibility index (Phi) is 8.15. The first-order valence-electron chi connectivity index (χ1n) is 14.5. The number of Topliss-reactive ketones (excluding diaryl/α,β-unsaturated/α-hetero) is 4. The number of hydrogen-bond acceptors (Lipinski definition) is 9. The molecule has 0 spiro atoms. The van der Waals surface area contributed by atoms with Gasteiger partial charge in [-0.05, 0) is 75.4 Å². The van der Waals surface area contributed by atoms with Crippen LogP contribution in [-0.2, 0) is 32.1 Å². The topological polar surface area (TPSA) is 167 Å². The summed E-state index contributed by atoms with van der Waals surface area (Å²) in [5.74, 6) is -10.1. The van der Waals surface area contributed by atoms with Crippen molar-refractivity contribution in [3.05, 3.63) is 27.8 Å². The molecule has 41 heavy (non-hydrogen) atoms. The van der Waals surface area contributed by atoms with Gasteiger partial charge in [0.25, 0.3) is 0 Å². The SMILES string of the molecule is CN(C)[C@@H]1C(=O)C(C(N)=O)C(=O)[C@@]2(O)C(=O)C3C(=O)c4c(O)cc(CNCC5CCCCCC5)c(Cl)c4C[C@H]3C[C@@H]12. The van der Waals surface area contributed by atoms with Crippen molar-refractivity contribution in [1.29, 1.82) is 0 Å². The van der Waals surface area contributed by atoms with Gasteiger partial charge in [-0.15, -0.1) is 0 Å². The van der Waals surface area contributed by atoms with Crippen molar-refractivity contribution in [2.24, 2.45) is 35.3 Å². The number of nitrogens with one attached hydrogen (secondary N) is 1. The van der Waals surface area contributed by atoms with Gasteiger partial charge >= 0.3 is 0 Å². The van der Waals surface area contributed by atoms with Crippen molar-refractivity contribution in [3.63, 3.8) is 0 Å². The van der Waals surface area contributed by atoms with Crippen LogP contribution in [0.4, 0.5) is 0 Å². The minimum Gasteiger partial charge on any atom is -0.507 e. The normalized spacial score (nSPS) is 32.4. The number of halogens is 1. The summed E-state index contributed by atoms with van der Waals surface area (Å²) in [5.41, 5.74) is 3.59. The first-order valence-corrected chi connectivity index (χ1v) is 14.9. The predicted octanol–water partition coefficient (Wildman–Crippen LogP) is 1.58. The van der Waals surface area contributed by atoms with Crippen molar-refractivity contribution in [2.75, 3.05) is 20.6 Å². The molecule has 0 bridgehead atoms. The van der Waals surface area contributed by atoms with Gasteiger partial charge in [-0.2, -0.15) is 0 Å².